The smallest absolute Gasteiger partial charge is 0.257 e. The quantitative estimate of drug-likeness (QED) is 0.841. The zero-order valence-corrected chi connectivity index (χ0v) is 15.7. The number of amides is 1. The SMILES string of the molecule is Cc1ccc2c(c1)NC(=O)/C2=C/N1CCN(c2cccc(C)c2C)CC1. The van der Waals surface area contributed by atoms with Gasteiger partial charge in [0, 0.05) is 49.3 Å². The van der Waals surface area contributed by atoms with Crippen molar-refractivity contribution in [2.24, 2.45) is 0 Å². The van der Waals surface area contributed by atoms with E-state index in [1.807, 2.05) is 25.3 Å². The summed E-state index contributed by atoms with van der Waals surface area (Å²) < 4.78 is 0. The first-order valence-electron chi connectivity index (χ1n) is 9.22. The summed E-state index contributed by atoms with van der Waals surface area (Å²) in [5.74, 6) is 0.00237. The van der Waals surface area contributed by atoms with Crippen LogP contribution in [0.1, 0.15) is 22.3 Å². The number of anilines is 2. The van der Waals surface area contributed by atoms with Gasteiger partial charge in [-0.15, -0.1) is 0 Å². The van der Waals surface area contributed by atoms with E-state index in [2.05, 4.69) is 53.2 Å². The van der Waals surface area contributed by atoms with Crippen LogP contribution in [0.25, 0.3) is 5.57 Å². The van der Waals surface area contributed by atoms with Gasteiger partial charge in [-0.2, -0.15) is 0 Å². The van der Waals surface area contributed by atoms with Crippen molar-refractivity contribution in [3.63, 3.8) is 0 Å². The minimum Gasteiger partial charge on any atom is -0.373 e. The fourth-order valence-corrected chi connectivity index (χ4v) is 3.79. The maximum absolute atomic E-state index is 12.4. The number of aryl methyl sites for hydroxylation is 2. The van der Waals surface area contributed by atoms with Crippen LogP contribution in [0.15, 0.2) is 42.6 Å². The Balaban J connectivity index is 1.50. The zero-order valence-electron chi connectivity index (χ0n) is 15.7. The molecule has 2 aliphatic rings. The molecule has 0 unspecified atom stereocenters. The van der Waals surface area contributed by atoms with E-state index in [9.17, 15) is 4.79 Å². The van der Waals surface area contributed by atoms with Crippen LogP contribution in [-0.4, -0.2) is 37.0 Å². The molecule has 2 aromatic carbocycles. The molecule has 2 aliphatic heterocycles. The van der Waals surface area contributed by atoms with Crippen LogP contribution >= 0.6 is 0 Å². The lowest BCUT2D eigenvalue weighted by Gasteiger charge is -2.36. The number of carbonyl (C=O) groups excluding carboxylic acids is 1. The van der Waals surface area contributed by atoms with E-state index < -0.39 is 0 Å². The second-order valence-corrected chi connectivity index (χ2v) is 7.29. The van der Waals surface area contributed by atoms with Gasteiger partial charge in [0.1, 0.15) is 0 Å². The number of rotatable bonds is 2. The van der Waals surface area contributed by atoms with Gasteiger partial charge in [0.15, 0.2) is 0 Å². The van der Waals surface area contributed by atoms with Crippen molar-refractivity contribution in [1.82, 2.24) is 4.90 Å². The summed E-state index contributed by atoms with van der Waals surface area (Å²) in [6, 6.07) is 12.6. The van der Waals surface area contributed by atoms with Crippen molar-refractivity contribution >= 4 is 22.9 Å². The van der Waals surface area contributed by atoms with Gasteiger partial charge >= 0.3 is 0 Å². The van der Waals surface area contributed by atoms with Gasteiger partial charge in [0.05, 0.1) is 5.57 Å². The zero-order chi connectivity index (χ0) is 18.3. The Hall–Kier alpha value is -2.75. The molecule has 4 heteroatoms. The van der Waals surface area contributed by atoms with Crippen LogP contribution in [0.3, 0.4) is 0 Å². The Bertz CT molecular complexity index is 892. The number of hydrogen-bond acceptors (Lipinski definition) is 3. The van der Waals surface area contributed by atoms with E-state index in [0.29, 0.717) is 0 Å². The highest BCUT2D eigenvalue weighted by Gasteiger charge is 2.26. The van der Waals surface area contributed by atoms with Crippen molar-refractivity contribution in [2.45, 2.75) is 20.8 Å². The molecule has 1 amide bonds. The number of fused-ring (bicyclic) bond motifs is 1. The average molecular weight is 347 g/mol. The second-order valence-electron chi connectivity index (χ2n) is 7.29. The maximum atomic E-state index is 12.4. The standard InChI is InChI=1S/C22H25N3O/c1-15-7-8-18-19(22(26)23-20(18)13-15)14-24-9-11-25(12-10-24)21-6-4-5-16(2)17(21)3/h4-8,13-14H,9-12H2,1-3H3,(H,23,26)/b19-14+. The second kappa shape index (κ2) is 6.52. The number of hydrogen-bond donors (Lipinski definition) is 1. The highest BCUT2D eigenvalue weighted by Crippen LogP contribution is 2.33. The predicted octanol–water partition coefficient (Wildman–Crippen LogP) is 3.73. The number of nitrogens with zero attached hydrogens (tertiary/aromatic N) is 2. The minimum atomic E-state index is 0.00237. The molecule has 2 heterocycles. The van der Waals surface area contributed by atoms with Crippen LogP contribution in [0.5, 0.6) is 0 Å². The average Bonchev–Trinajstić information content (AvgIpc) is 2.93. The molecule has 26 heavy (non-hydrogen) atoms. The third-order valence-corrected chi connectivity index (χ3v) is 5.50. The van der Waals surface area contributed by atoms with Gasteiger partial charge in [0.25, 0.3) is 5.91 Å². The van der Waals surface area contributed by atoms with Gasteiger partial charge in [-0.25, -0.2) is 0 Å². The lowest BCUT2D eigenvalue weighted by atomic mass is 10.1. The van der Waals surface area contributed by atoms with Crippen molar-refractivity contribution in [3.05, 3.63) is 64.9 Å². The van der Waals surface area contributed by atoms with Gasteiger partial charge in [-0.3, -0.25) is 4.79 Å². The van der Waals surface area contributed by atoms with E-state index in [-0.39, 0.29) is 5.91 Å². The molecule has 0 spiro atoms. The van der Waals surface area contributed by atoms with Crippen LogP contribution < -0.4 is 10.2 Å². The number of piperazine rings is 1. The van der Waals surface area contributed by atoms with Crippen LogP contribution in [-0.2, 0) is 4.79 Å². The lowest BCUT2D eigenvalue weighted by Crippen LogP contribution is -2.44. The molecular weight excluding hydrogens is 322 g/mol. The van der Waals surface area contributed by atoms with Crippen LogP contribution in [0.4, 0.5) is 11.4 Å². The van der Waals surface area contributed by atoms with Crippen molar-refractivity contribution < 1.29 is 4.79 Å². The van der Waals surface area contributed by atoms with Crippen molar-refractivity contribution in [1.29, 1.82) is 0 Å². The largest absolute Gasteiger partial charge is 0.373 e. The molecule has 4 rings (SSSR count). The third-order valence-electron chi connectivity index (χ3n) is 5.50. The first kappa shape index (κ1) is 16.7. The number of carbonyl (C=O) groups is 1. The minimum absolute atomic E-state index is 0.00237. The predicted molar refractivity (Wildman–Crippen MR) is 107 cm³/mol. The molecular formula is C22H25N3O. The number of benzene rings is 2. The van der Waals surface area contributed by atoms with Crippen molar-refractivity contribution in [3.8, 4) is 0 Å². The highest BCUT2D eigenvalue weighted by atomic mass is 16.2. The summed E-state index contributed by atoms with van der Waals surface area (Å²) in [4.78, 5) is 17.1. The monoisotopic (exact) mass is 347 g/mol. The van der Waals surface area contributed by atoms with Gasteiger partial charge in [-0.1, -0.05) is 24.3 Å². The first-order chi connectivity index (χ1) is 12.5. The summed E-state index contributed by atoms with van der Waals surface area (Å²) in [7, 11) is 0. The number of nitrogens with one attached hydrogen (secondary N) is 1. The molecule has 4 nitrogen and oxygen atoms in total. The molecule has 1 N–H and O–H groups in total. The van der Waals surface area contributed by atoms with E-state index >= 15 is 0 Å². The maximum Gasteiger partial charge on any atom is 0.257 e. The Kier molecular flexibility index (Phi) is 4.19. The summed E-state index contributed by atoms with van der Waals surface area (Å²) in [6.45, 7) is 10.2. The van der Waals surface area contributed by atoms with Gasteiger partial charge in [-0.05, 0) is 49.6 Å². The molecule has 0 aromatic heterocycles. The summed E-state index contributed by atoms with van der Waals surface area (Å²) in [6.07, 6.45) is 2.04. The van der Waals surface area contributed by atoms with Crippen LogP contribution in [0, 0.1) is 20.8 Å². The van der Waals surface area contributed by atoms with Gasteiger partial charge in [0.2, 0.25) is 0 Å². The molecule has 134 valence electrons. The Morgan fingerprint density at radius 2 is 1.77 bits per heavy atom. The molecule has 0 aliphatic carbocycles. The van der Waals surface area contributed by atoms with E-state index in [1.165, 1.54) is 16.8 Å². The summed E-state index contributed by atoms with van der Waals surface area (Å²) in [5, 5.41) is 2.98. The van der Waals surface area contributed by atoms with E-state index in [1.54, 1.807) is 0 Å². The van der Waals surface area contributed by atoms with E-state index in [0.717, 1.165) is 48.6 Å². The Morgan fingerprint density at radius 3 is 2.54 bits per heavy atom. The summed E-state index contributed by atoms with van der Waals surface area (Å²) in [5.41, 5.74) is 7.90. The molecule has 0 bridgehead atoms. The highest BCUT2D eigenvalue weighted by molar-refractivity contribution is 6.31. The Labute approximate surface area is 155 Å². The molecule has 1 saturated heterocycles. The van der Waals surface area contributed by atoms with Gasteiger partial charge < -0.3 is 15.1 Å². The van der Waals surface area contributed by atoms with E-state index in [4.69, 9.17) is 0 Å². The fraction of sp³-hybridized carbons (Fsp3) is 0.318. The lowest BCUT2D eigenvalue weighted by molar-refractivity contribution is -0.110. The van der Waals surface area contributed by atoms with Crippen molar-refractivity contribution in [2.75, 3.05) is 36.4 Å². The molecule has 2 aromatic rings. The van der Waals surface area contributed by atoms with Crippen LogP contribution in [0.2, 0.25) is 0 Å². The third kappa shape index (κ3) is 2.96. The molecule has 0 saturated carbocycles. The topological polar surface area (TPSA) is 35.6 Å². The molecule has 1 fully saturated rings. The summed E-state index contributed by atoms with van der Waals surface area (Å²) >= 11 is 0. The molecule has 0 atom stereocenters. The fourth-order valence-electron chi connectivity index (χ4n) is 3.79. The Morgan fingerprint density at radius 1 is 1.00 bits per heavy atom. The normalized spacial score (nSPS) is 18.3. The first-order valence-corrected chi connectivity index (χ1v) is 9.22. The molecule has 0 radical (unpaired) electrons.